The van der Waals surface area contributed by atoms with Gasteiger partial charge in [0.15, 0.2) is 0 Å². The Morgan fingerprint density at radius 1 is 1.17 bits per heavy atom. The molecule has 2 heterocycles. The van der Waals surface area contributed by atoms with Crippen molar-refractivity contribution in [3.8, 4) is 0 Å². The molecule has 2 saturated heterocycles. The number of β-amino-alcohol motifs (C(OH)–C–C–N with tert-alkyl or cyclic N) is 1. The summed E-state index contributed by atoms with van der Waals surface area (Å²) in [5.74, 6) is 0.0461. The van der Waals surface area contributed by atoms with Crippen LogP contribution in [0.3, 0.4) is 0 Å². The van der Waals surface area contributed by atoms with Gasteiger partial charge in [0, 0.05) is 43.3 Å². The molecule has 4 nitrogen and oxygen atoms in total. The smallest absolute Gasteiger partial charge is 0.246 e. The van der Waals surface area contributed by atoms with Crippen molar-refractivity contribution in [1.82, 2.24) is 9.80 Å². The lowest BCUT2D eigenvalue weighted by Crippen LogP contribution is -2.45. The van der Waals surface area contributed by atoms with Crippen molar-refractivity contribution in [2.75, 3.05) is 26.2 Å². The van der Waals surface area contributed by atoms with Crippen molar-refractivity contribution >= 4 is 23.6 Å². The minimum atomic E-state index is -0.173. The summed E-state index contributed by atoms with van der Waals surface area (Å²) in [6.07, 6.45) is 6.07. The fourth-order valence-electron chi connectivity index (χ4n) is 3.43. The molecule has 3 rings (SSSR count). The Labute approximate surface area is 142 Å². The van der Waals surface area contributed by atoms with E-state index < -0.39 is 0 Å². The number of carbonyl (C=O) groups is 1. The van der Waals surface area contributed by atoms with E-state index in [1.807, 2.05) is 29.2 Å². The molecule has 1 aromatic carbocycles. The lowest BCUT2D eigenvalue weighted by Gasteiger charge is -2.36. The molecule has 0 aliphatic carbocycles. The van der Waals surface area contributed by atoms with Gasteiger partial charge in [-0.1, -0.05) is 29.8 Å². The van der Waals surface area contributed by atoms with Crippen molar-refractivity contribution < 1.29 is 9.90 Å². The standard InChI is InChI=1S/C18H23ClN2O2/c19-17-4-2-1-3-14(17)5-6-18(23)20-10-7-15(8-11-20)21-12-9-16(22)13-21/h1-6,15-16,22H,7-13H2/b6-5+. The van der Waals surface area contributed by atoms with Gasteiger partial charge >= 0.3 is 0 Å². The zero-order valence-electron chi connectivity index (χ0n) is 13.2. The van der Waals surface area contributed by atoms with Gasteiger partial charge in [-0.15, -0.1) is 0 Å². The van der Waals surface area contributed by atoms with Crippen LogP contribution in [0.5, 0.6) is 0 Å². The zero-order valence-corrected chi connectivity index (χ0v) is 14.0. The molecule has 0 radical (unpaired) electrons. The summed E-state index contributed by atoms with van der Waals surface area (Å²) in [7, 11) is 0. The Bertz CT molecular complexity index is 582. The molecule has 23 heavy (non-hydrogen) atoms. The summed E-state index contributed by atoms with van der Waals surface area (Å²) >= 11 is 6.09. The van der Waals surface area contributed by atoms with Gasteiger partial charge in [-0.2, -0.15) is 0 Å². The van der Waals surface area contributed by atoms with Gasteiger partial charge in [-0.05, 0) is 37.0 Å². The summed E-state index contributed by atoms with van der Waals surface area (Å²) in [4.78, 5) is 16.6. The predicted molar refractivity (Wildman–Crippen MR) is 92.3 cm³/mol. The summed E-state index contributed by atoms with van der Waals surface area (Å²) in [6, 6.07) is 8.01. The van der Waals surface area contributed by atoms with Crippen molar-refractivity contribution in [2.45, 2.75) is 31.4 Å². The molecule has 2 fully saturated rings. The third-order valence-corrected chi connectivity index (χ3v) is 5.14. The van der Waals surface area contributed by atoms with Crippen LogP contribution in [0.4, 0.5) is 0 Å². The van der Waals surface area contributed by atoms with Crippen molar-refractivity contribution in [3.05, 3.63) is 40.9 Å². The van der Waals surface area contributed by atoms with Crippen LogP contribution in [0.15, 0.2) is 30.3 Å². The van der Waals surface area contributed by atoms with E-state index in [-0.39, 0.29) is 12.0 Å². The van der Waals surface area contributed by atoms with Gasteiger partial charge in [-0.25, -0.2) is 0 Å². The van der Waals surface area contributed by atoms with Crippen molar-refractivity contribution in [2.24, 2.45) is 0 Å². The van der Waals surface area contributed by atoms with E-state index in [0.29, 0.717) is 11.1 Å². The van der Waals surface area contributed by atoms with Gasteiger partial charge in [0.2, 0.25) is 5.91 Å². The van der Waals surface area contributed by atoms with Gasteiger partial charge in [0.1, 0.15) is 0 Å². The van der Waals surface area contributed by atoms with Crippen LogP contribution in [0.2, 0.25) is 5.02 Å². The number of aliphatic hydroxyl groups excluding tert-OH is 1. The summed E-state index contributed by atoms with van der Waals surface area (Å²) < 4.78 is 0. The van der Waals surface area contributed by atoms with E-state index in [4.69, 9.17) is 11.6 Å². The quantitative estimate of drug-likeness (QED) is 0.863. The van der Waals surface area contributed by atoms with Gasteiger partial charge in [0.25, 0.3) is 0 Å². The first kappa shape index (κ1) is 16.5. The highest BCUT2D eigenvalue weighted by atomic mass is 35.5. The van der Waals surface area contributed by atoms with E-state index in [1.165, 1.54) is 0 Å². The lowest BCUT2D eigenvalue weighted by molar-refractivity contribution is -0.127. The number of hydrogen-bond acceptors (Lipinski definition) is 3. The normalized spacial score (nSPS) is 23.7. The number of likely N-dealkylation sites (tertiary alicyclic amines) is 2. The Morgan fingerprint density at radius 3 is 2.57 bits per heavy atom. The number of amides is 1. The zero-order chi connectivity index (χ0) is 16.2. The molecule has 1 atom stereocenters. The lowest BCUT2D eigenvalue weighted by atomic mass is 10.0. The number of piperidine rings is 1. The molecule has 1 amide bonds. The fraction of sp³-hybridized carbons (Fsp3) is 0.500. The maximum Gasteiger partial charge on any atom is 0.246 e. The summed E-state index contributed by atoms with van der Waals surface area (Å²) in [6.45, 7) is 3.32. The maximum atomic E-state index is 12.3. The van der Waals surface area contributed by atoms with E-state index in [9.17, 15) is 9.90 Å². The van der Waals surface area contributed by atoms with Crippen LogP contribution in [0.1, 0.15) is 24.8 Å². The molecular formula is C18H23ClN2O2. The summed E-state index contributed by atoms with van der Waals surface area (Å²) in [5.41, 5.74) is 0.864. The number of nitrogens with zero attached hydrogens (tertiary/aromatic N) is 2. The van der Waals surface area contributed by atoms with Crippen LogP contribution in [0.25, 0.3) is 6.08 Å². The van der Waals surface area contributed by atoms with Crippen molar-refractivity contribution in [1.29, 1.82) is 0 Å². The van der Waals surface area contributed by atoms with E-state index in [0.717, 1.165) is 51.0 Å². The minimum absolute atomic E-state index is 0.0461. The van der Waals surface area contributed by atoms with Gasteiger partial charge in [0.05, 0.1) is 6.10 Å². The number of benzene rings is 1. The third kappa shape index (κ3) is 4.14. The molecule has 0 aromatic heterocycles. The molecule has 1 unspecified atom stereocenters. The number of hydrogen-bond donors (Lipinski definition) is 1. The Balaban J connectivity index is 1.51. The van der Waals surface area contributed by atoms with E-state index in [1.54, 1.807) is 12.2 Å². The molecule has 5 heteroatoms. The van der Waals surface area contributed by atoms with E-state index >= 15 is 0 Å². The van der Waals surface area contributed by atoms with Crippen LogP contribution >= 0.6 is 11.6 Å². The average Bonchev–Trinajstić information content (AvgIpc) is 3.00. The molecule has 1 aromatic rings. The monoisotopic (exact) mass is 334 g/mol. The molecule has 0 spiro atoms. The van der Waals surface area contributed by atoms with E-state index in [2.05, 4.69) is 4.90 Å². The van der Waals surface area contributed by atoms with Crippen LogP contribution in [-0.4, -0.2) is 59.1 Å². The second-order valence-electron chi connectivity index (χ2n) is 6.35. The molecule has 2 aliphatic heterocycles. The second kappa shape index (κ2) is 7.47. The number of aliphatic hydroxyl groups is 1. The SMILES string of the molecule is O=C(/C=C/c1ccccc1Cl)N1CCC(N2CCC(O)C2)CC1. The molecule has 0 bridgehead atoms. The fourth-order valence-corrected chi connectivity index (χ4v) is 3.63. The molecule has 124 valence electrons. The van der Waals surface area contributed by atoms with Crippen molar-refractivity contribution in [3.63, 3.8) is 0 Å². The topological polar surface area (TPSA) is 43.8 Å². The third-order valence-electron chi connectivity index (χ3n) is 4.80. The Hall–Kier alpha value is -1.36. The highest BCUT2D eigenvalue weighted by Gasteiger charge is 2.30. The highest BCUT2D eigenvalue weighted by Crippen LogP contribution is 2.22. The predicted octanol–water partition coefficient (Wildman–Crippen LogP) is 2.41. The van der Waals surface area contributed by atoms with Crippen LogP contribution in [0, 0.1) is 0 Å². The largest absolute Gasteiger partial charge is 0.392 e. The Kier molecular flexibility index (Phi) is 5.36. The second-order valence-corrected chi connectivity index (χ2v) is 6.76. The minimum Gasteiger partial charge on any atom is -0.392 e. The van der Waals surface area contributed by atoms with Crippen LogP contribution < -0.4 is 0 Å². The molecule has 1 N–H and O–H groups in total. The average molecular weight is 335 g/mol. The number of carbonyl (C=O) groups excluding carboxylic acids is 1. The van der Waals surface area contributed by atoms with Crippen LogP contribution in [-0.2, 0) is 4.79 Å². The Morgan fingerprint density at radius 2 is 1.91 bits per heavy atom. The molecular weight excluding hydrogens is 312 g/mol. The number of rotatable bonds is 3. The summed E-state index contributed by atoms with van der Waals surface area (Å²) in [5, 5.41) is 10.3. The first-order valence-electron chi connectivity index (χ1n) is 8.27. The number of halogens is 1. The molecule has 2 aliphatic rings. The first-order valence-corrected chi connectivity index (χ1v) is 8.65. The highest BCUT2D eigenvalue weighted by molar-refractivity contribution is 6.32. The molecule has 0 saturated carbocycles. The maximum absolute atomic E-state index is 12.3. The van der Waals surface area contributed by atoms with Gasteiger partial charge < -0.3 is 10.0 Å². The first-order chi connectivity index (χ1) is 11.1. The van der Waals surface area contributed by atoms with Gasteiger partial charge in [-0.3, -0.25) is 9.69 Å².